The summed E-state index contributed by atoms with van der Waals surface area (Å²) in [4.78, 5) is 35.6. The van der Waals surface area contributed by atoms with Gasteiger partial charge in [0.15, 0.2) is 5.78 Å². The van der Waals surface area contributed by atoms with E-state index in [4.69, 9.17) is 0 Å². The minimum Gasteiger partial charge on any atom is -0.481 e. The Labute approximate surface area is 112 Å². The molecule has 0 unspecified atom stereocenters. The molecule has 4 heteroatoms. The van der Waals surface area contributed by atoms with Crippen molar-refractivity contribution >= 4 is 17.5 Å². The number of carboxylic acids is 1. The zero-order valence-electron chi connectivity index (χ0n) is 11.9. The van der Waals surface area contributed by atoms with Crippen molar-refractivity contribution in [3.63, 3.8) is 0 Å². The van der Waals surface area contributed by atoms with Gasteiger partial charge in [0.2, 0.25) is 0 Å². The molecular weight excluding hydrogens is 244 g/mol. The van der Waals surface area contributed by atoms with Crippen LogP contribution < -0.4 is 0 Å². The highest BCUT2D eigenvalue weighted by Gasteiger charge is 2.53. The van der Waals surface area contributed by atoms with Crippen LogP contribution in [0.2, 0.25) is 0 Å². The Morgan fingerprint density at radius 1 is 1.26 bits per heavy atom. The molecule has 0 heterocycles. The molecule has 0 bridgehead atoms. The standard InChI is InChI=1S/C15H20O4/c1-8-11-7-14(3,13(18)19)5-10(11)6-15(4,9(2)16)12(8)17/h10H,5-7H2,1-4H3,(H,18,19)/t10-,14-,15+/m0/s1. The van der Waals surface area contributed by atoms with Gasteiger partial charge in [0.05, 0.1) is 10.8 Å². The second-order valence-corrected chi connectivity index (χ2v) is 6.52. The van der Waals surface area contributed by atoms with Crippen LogP contribution in [-0.2, 0) is 14.4 Å². The van der Waals surface area contributed by atoms with E-state index in [0.29, 0.717) is 24.8 Å². The number of hydrogen-bond acceptors (Lipinski definition) is 3. The average Bonchev–Trinajstić information content (AvgIpc) is 2.64. The van der Waals surface area contributed by atoms with Gasteiger partial charge in [-0.1, -0.05) is 5.57 Å². The van der Waals surface area contributed by atoms with Gasteiger partial charge in [0.1, 0.15) is 5.78 Å². The Hall–Kier alpha value is -1.45. The molecule has 0 amide bonds. The first kappa shape index (κ1) is 14.0. The summed E-state index contributed by atoms with van der Waals surface area (Å²) in [5.41, 5.74) is -0.210. The van der Waals surface area contributed by atoms with Crippen molar-refractivity contribution in [3.8, 4) is 0 Å². The smallest absolute Gasteiger partial charge is 0.309 e. The van der Waals surface area contributed by atoms with Gasteiger partial charge in [-0.3, -0.25) is 14.4 Å². The van der Waals surface area contributed by atoms with E-state index >= 15 is 0 Å². The van der Waals surface area contributed by atoms with Crippen LogP contribution in [0.3, 0.4) is 0 Å². The van der Waals surface area contributed by atoms with Gasteiger partial charge in [-0.25, -0.2) is 0 Å². The lowest BCUT2D eigenvalue weighted by Crippen LogP contribution is -2.41. The van der Waals surface area contributed by atoms with E-state index in [1.807, 2.05) is 0 Å². The second kappa shape index (κ2) is 4.02. The van der Waals surface area contributed by atoms with Crippen LogP contribution in [0.25, 0.3) is 0 Å². The van der Waals surface area contributed by atoms with Crippen molar-refractivity contribution < 1.29 is 19.5 Å². The lowest BCUT2D eigenvalue weighted by molar-refractivity contribution is -0.147. The first-order valence-electron chi connectivity index (χ1n) is 6.61. The minimum atomic E-state index is -0.970. The molecular formula is C15H20O4. The Morgan fingerprint density at radius 3 is 2.32 bits per heavy atom. The summed E-state index contributed by atoms with van der Waals surface area (Å²) >= 11 is 0. The van der Waals surface area contributed by atoms with E-state index < -0.39 is 16.8 Å². The lowest BCUT2D eigenvalue weighted by Gasteiger charge is -2.34. The third-order valence-electron chi connectivity index (χ3n) is 5.04. The fourth-order valence-electron chi connectivity index (χ4n) is 3.55. The third-order valence-corrected chi connectivity index (χ3v) is 5.04. The minimum absolute atomic E-state index is 0.0488. The first-order chi connectivity index (χ1) is 8.62. The molecule has 2 rings (SSSR count). The number of rotatable bonds is 2. The molecule has 2 aliphatic rings. The summed E-state index contributed by atoms with van der Waals surface area (Å²) in [6.07, 6.45) is 1.40. The summed E-state index contributed by atoms with van der Waals surface area (Å²) in [5.74, 6) is -1.02. The highest BCUT2D eigenvalue weighted by molar-refractivity contribution is 6.14. The van der Waals surface area contributed by atoms with E-state index in [2.05, 4.69) is 0 Å². The molecule has 3 atom stereocenters. The van der Waals surface area contributed by atoms with Crippen molar-refractivity contribution in [2.45, 2.75) is 47.0 Å². The lowest BCUT2D eigenvalue weighted by atomic mass is 9.66. The molecule has 1 N–H and O–H groups in total. The molecule has 0 radical (unpaired) electrons. The van der Waals surface area contributed by atoms with Gasteiger partial charge < -0.3 is 5.11 Å². The maximum Gasteiger partial charge on any atom is 0.309 e. The van der Waals surface area contributed by atoms with Crippen LogP contribution in [-0.4, -0.2) is 22.6 Å². The first-order valence-corrected chi connectivity index (χ1v) is 6.61. The van der Waals surface area contributed by atoms with Gasteiger partial charge in [-0.2, -0.15) is 0 Å². The predicted molar refractivity (Wildman–Crippen MR) is 69.6 cm³/mol. The van der Waals surface area contributed by atoms with Crippen LogP contribution in [0.5, 0.6) is 0 Å². The molecule has 0 aromatic heterocycles. The van der Waals surface area contributed by atoms with Crippen molar-refractivity contribution in [1.82, 2.24) is 0 Å². The van der Waals surface area contributed by atoms with Gasteiger partial charge in [0.25, 0.3) is 0 Å². The molecule has 2 aliphatic carbocycles. The van der Waals surface area contributed by atoms with Crippen molar-refractivity contribution in [2.75, 3.05) is 0 Å². The molecule has 1 saturated carbocycles. The van der Waals surface area contributed by atoms with Crippen LogP contribution in [0.15, 0.2) is 11.1 Å². The Morgan fingerprint density at radius 2 is 1.84 bits per heavy atom. The van der Waals surface area contributed by atoms with Crippen molar-refractivity contribution in [3.05, 3.63) is 11.1 Å². The summed E-state index contributed by atoms with van der Waals surface area (Å²) in [5, 5.41) is 9.34. The number of ketones is 2. The fourth-order valence-corrected chi connectivity index (χ4v) is 3.55. The molecule has 0 spiro atoms. The maximum absolute atomic E-state index is 12.4. The summed E-state index contributed by atoms with van der Waals surface area (Å²) in [7, 11) is 0. The number of carbonyl (C=O) groups excluding carboxylic acids is 2. The maximum atomic E-state index is 12.4. The SMILES string of the molecule is CC(=O)[C@@]1(C)C[C@@H]2C[C@](C)(C(=O)O)CC2=C(C)C1=O. The quantitative estimate of drug-likeness (QED) is 0.777. The van der Waals surface area contributed by atoms with Gasteiger partial charge in [-0.05, 0) is 58.4 Å². The molecule has 0 saturated heterocycles. The largest absolute Gasteiger partial charge is 0.481 e. The zero-order valence-corrected chi connectivity index (χ0v) is 11.9. The highest BCUT2D eigenvalue weighted by atomic mass is 16.4. The number of carbonyl (C=O) groups is 3. The topological polar surface area (TPSA) is 71.4 Å². The number of fused-ring (bicyclic) bond motifs is 1. The normalized spacial score (nSPS) is 38.3. The van der Waals surface area contributed by atoms with Crippen LogP contribution in [0.4, 0.5) is 0 Å². The predicted octanol–water partition coefficient (Wildman–Crippen LogP) is 2.37. The number of allylic oxidation sites excluding steroid dienone is 2. The van der Waals surface area contributed by atoms with Crippen LogP contribution in [0, 0.1) is 16.7 Å². The number of aliphatic carboxylic acids is 1. The fraction of sp³-hybridized carbons (Fsp3) is 0.667. The Kier molecular flexibility index (Phi) is 2.96. The second-order valence-electron chi connectivity index (χ2n) is 6.52. The molecule has 4 nitrogen and oxygen atoms in total. The zero-order chi connectivity index (χ0) is 14.6. The molecule has 104 valence electrons. The number of Topliss-reactive ketones (excluding diaryl/α,β-unsaturated/α-hetero) is 2. The van der Waals surface area contributed by atoms with E-state index in [0.717, 1.165) is 5.57 Å². The van der Waals surface area contributed by atoms with Gasteiger partial charge >= 0.3 is 5.97 Å². The molecule has 0 aromatic rings. The Bertz CT molecular complexity index is 516. The van der Waals surface area contributed by atoms with E-state index in [-0.39, 0.29) is 17.5 Å². The molecule has 0 aromatic carbocycles. The Balaban J connectivity index is 2.45. The third kappa shape index (κ3) is 1.85. The van der Waals surface area contributed by atoms with E-state index in [1.165, 1.54) is 6.92 Å². The summed E-state index contributed by atoms with van der Waals surface area (Å²) < 4.78 is 0. The number of hydrogen-bond donors (Lipinski definition) is 1. The van der Waals surface area contributed by atoms with Crippen molar-refractivity contribution in [1.29, 1.82) is 0 Å². The van der Waals surface area contributed by atoms with E-state index in [1.54, 1.807) is 20.8 Å². The molecule has 1 fully saturated rings. The average molecular weight is 264 g/mol. The van der Waals surface area contributed by atoms with Crippen LogP contribution >= 0.6 is 0 Å². The number of carboxylic acid groups (broad SMARTS) is 1. The van der Waals surface area contributed by atoms with Gasteiger partial charge in [-0.15, -0.1) is 0 Å². The van der Waals surface area contributed by atoms with Crippen LogP contribution in [0.1, 0.15) is 47.0 Å². The monoisotopic (exact) mass is 264 g/mol. The summed E-state index contributed by atoms with van der Waals surface area (Å²) in [6.45, 7) is 6.60. The molecule has 0 aliphatic heterocycles. The van der Waals surface area contributed by atoms with Gasteiger partial charge in [0, 0.05) is 0 Å². The molecule has 19 heavy (non-hydrogen) atoms. The van der Waals surface area contributed by atoms with Crippen molar-refractivity contribution in [2.24, 2.45) is 16.7 Å². The highest BCUT2D eigenvalue weighted by Crippen LogP contribution is 2.54. The summed E-state index contributed by atoms with van der Waals surface area (Å²) in [6, 6.07) is 0. The van der Waals surface area contributed by atoms with E-state index in [9.17, 15) is 19.5 Å².